The van der Waals surface area contributed by atoms with E-state index in [-0.39, 0.29) is 34.6 Å². The Labute approximate surface area is 389 Å². The summed E-state index contributed by atoms with van der Waals surface area (Å²) in [6, 6.07) is 0. The second-order valence-electron chi connectivity index (χ2n) is 22.7. The topological polar surface area (TPSA) is 256 Å². The average molecular weight is 941 g/mol. The minimum Gasteiger partial charge on any atom is -0.394 e. The Hall–Kier alpha value is -1.20. The van der Waals surface area contributed by atoms with Crippen LogP contribution < -0.4 is 0 Å². The van der Waals surface area contributed by atoms with Gasteiger partial charge in [0.05, 0.1) is 31.5 Å². The number of rotatable bonds is 11. The number of hydrogen-bond donors (Lipinski definition) is 9. The molecule has 4 aliphatic heterocycles. The summed E-state index contributed by atoms with van der Waals surface area (Å²) in [4.78, 5) is 0. The van der Waals surface area contributed by atoms with E-state index in [1.165, 1.54) is 12.5 Å². The van der Waals surface area contributed by atoms with Gasteiger partial charge >= 0.3 is 0 Å². The average Bonchev–Trinajstić information content (AvgIpc) is 3.80. The fourth-order valence-corrected chi connectivity index (χ4v) is 14.6. The largest absolute Gasteiger partial charge is 0.394 e. The van der Waals surface area contributed by atoms with Gasteiger partial charge in [0.25, 0.3) is 0 Å². The lowest BCUT2D eigenvalue weighted by Gasteiger charge is -2.65. The van der Waals surface area contributed by atoms with Gasteiger partial charge < -0.3 is 83.9 Å². The summed E-state index contributed by atoms with van der Waals surface area (Å²) in [6.07, 6.45) is -10.8. The molecule has 378 valence electrons. The van der Waals surface area contributed by atoms with Crippen molar-refractivity contribution >= 4 is 0 Å². The van der Waals surface area contributed by atoms with Crippen molar-refractivity contribution in [1.29, 1.82) is 0 Å². The number of hydrogen-bond acceptors (Lipinski definition) is 17. The van der Waals surface area contributed by atoms with E-state index >= 15 is 0 Å². The minimum atomic E-state index is -1.85. The molecule has 0 aromatic rings. The molecule has 17 nitrogen and oxygen atoms in total. The van der Waals surface area contributed by atoms with Crippen molar-refractivity contribution in [1.82, 2.24) is 0 Å². The number of ether oxygens (including phenoxy) is 8. The molecule has 0 spiro atoms. The summed E-state index contributed by atoms with van der Waals surface area (Å²) in [7, 11) is 1.77. The summed E-state index contributed by atoms with van der Waals surface area (Å²) in [5.74, 6) is 1.40. The van der Waals surface area contributed by atoms with Crippen LogP contribution in [0.5, 0.6) is 0 Å². The van der Waals surface area contributed by atoms with Crippen LogP contribution in [0.2, 0.25) is 0 Å². The molecule has 3 saturated carbocycles. The van der Waals surface area contributed by atoms with E-state index in [0.29, 0.717) is 24.2 Å². The third-order valence-electron chi connectivity index (χ3n) is 18.6. The van der Waals surface area contributed by atoms with Crippen molar-refractivity contribution in [3.05, 3.63) is 23.3 Å². The molecule has 7 fully saturated rings. The molecule has 0 amide bonds. The van der Waals surface area contributed by atoms with Crippen molar-refractivity contribution in [3.8, 4) is 0 Å². The zero-order valence-electron chi connectivity index (χ0n) is 40.2. The van der Waals surface area contributed by atoms with E-state index in [4.69, 9.17) is 37.9 Å². The Morgan fingerprint density at radius 2 is 1.38 bits per heavy atom. The highest BCUT2D eigenvalue weighted by molar-refractivity contribution is 5.33. The van der Waals surface area contributed by atoms with Crippen LogP contribution in [0.4, 0.5) is 0 Å². The maximum Gasteiger partial charge on any atom is 0.187 e. The zero-order valence-corrected chi connectivity index (χ0v) is 40.2. The molecule has 8 rings (SSSR count). The van der Waals surface area contributed by atoms with Gasteiger partial charge in [0.1, 0.15) is 67.1 Å². The summed E-state index contributed by atoms with van der Waals surface area (Å²) < 4.78 is 48.7. The summed E-state index contributed by atoms with van der Waals surface area (Å²) in [5.41, 5.74) is 2.52. The van der Waals surface area contributed by atoms with E-state index in [2.05, 4.69) is 60.6 Å². The van der Waals surface area contributed by atoms with Crippen molar-refractivity contribution in [2.24, 2.45) is 45.3 Å². The molecule has 9 N–H and O–H groups in total. The molecule has 4 heterocycles. The van der Waals surface area contributed by atoms with Gasteiger partial charge in [-0.1, -0.05) is 57.9 Å². The van der Waals surface area contributed by atoms with Gasteiger partial charge in [-0.25, -0.2) is 0 Å². The molecular formula is C49H80O17. The lowest BCUT2D eigenvalue weighted by molar-refractivity contribution is -0.380. The predicted octanol–water partition coefficient (Wildman–Crippen LogP) is 1.80. The predicted molar refractivity (Wildman–Crippen MR) is 235 cm³/mol. The third kappa shape index (κ3) is 8.52. The fourth-order valence-electron chi connectivity index (χ4n) is 14.6. The molecule has 8 aliphatic rings. The van der Waals surface area contributed by atoms with Crippen LogP contribution in [0.15, 0.2) is 23.3 Å². The van der Waals surface area contributed by atoms with Gasteiger partial charge in [0.2, 0.25) is 0 Å². The van der Waals surface area contributed by atoms with E-state index in [0.717, 1.165) is 44.9 Å². The molecule has 66 heavy (non-hydrogen) atoms. The summed E-state index contributed by atoms with van der Waals surface area (Å²) in [6.45, 7) is 16.5. The number of aliphatic hydroxyl groups excluding tert-OH is 9. The Balaban J connectivity index is 0.984. The Morgan fingerprint density at radius 1 is 0.712 bits per heavy atom. The maximum atomic E-state index is 11.6. The maximum absolute atomic E-state index is 11.6. The molecule has 0 radical (unpaired) electrons. The van der Waals surface area contributed by atoms with Crippen molar-refractivity contribution in [2.75, 3.05) is 20.3 Å². The van der Waals surface area contributed by atoms with Crippen LogP contribution in [0, 0.1) is 45.3 Å². The van der Waals surface area contributed by atoms with Gasteiger partial charge in [0.15, 0.2) is 25.2 Å². The van der Waals surface area contributed by atoms with E-state index in [1.807, 2.05) is 0 Å². The zero-order chi connectivity index (χ0) is 48.0. The van der Waals surface area contributed by atoms with Gasteiger partial charge in [-0.15, -0.1) is 0 Å². The molecule has 4 aliphatic carbocycles. The number of fused-ring (bicyclic) bond motifs is 5. The van der Waals surface area contributed by atoms with E-state index in [1.54, 1.807) is 12.7 Å². The van der Waals surface area contributed by atoms with Crippen LogP contribution in [0.3, 0.4) is 0 Å². The molecule has 25 unspecified atom stereocenters. The molecular weight excluding hydrogens is 861 g/mol. The first-order chi connectivity index (χ1) is 31.0. The van der Waals surface area contributed by atoms with Crippen LogP contribution in [0.25, 0.3) is 0 Å². The second-order valence-corrected chi connectivity index (χ2v) is 22.7. The van der Waals surface area contributed by atoms with E-state index in [9.17, 15) is 46.0 Å². The quantitative estimate of drug-likeness (QED) is 0.134. The monoisotopic (exact) mass is 941 g/mol. The molecule has 0 bridgehead atoms. The summed E-state index contributed by atoms with van der Waals surface area (Å²) >= 11 is 0. The first-order valence-corrected chi connectivity index (χ1v) is 24.5. The Kier molecular flexibility index (Phi) is 14.8. The van der Waals surface area contributed by atoms with E-state index < -0.39 is 117 Å². The molecule has 25 atom stereocenters. The highest BCUT2D eigenvalue weighted by Crippen LogP contribution is 2.74. The standard InChI is InChI=1S/C49H80O17/c1-22(2)18-24-19-25(42(59-9)62-24)26-12-16-49(8)28-10-11-31-46(4,5)32(14-15-47(31,6)27(28)13-17-48(26,49)7)65-45-41(38(56)34(52)29(20-50)63-45)66-44-40(58)37(55)35(53)30(64-44)21-60-43-39(57)36(54)33(51)23(3)61-43/h10,18,23-27,29-45,50-58H,11-17,19-21H2,1-9H3. The lowest BCUT2D eigenvalue weighted by Crippen LogP contribution is -2.66. The van der Waals surface area contributed by atoms with Gasteiger partial charge in [-0.2, -0.15) is 0 Å². The molecule has 0 aromatic carbocycles. The first kappa shape index (κ1) is 51.2. The molecule has 4 saturated heterocycles. The molecule has 17 heteroatoms. The van der Waals surface area contributed by atoms with Gasteiger partial charge in [-0.05, 0) is 112 Å². The van der Waals surface area contributed by atoms with Crippen LogP contribution >= 0.6 is 0 Å². The Bertz CT molecular complexity index is 1760. The lowest BCUT2D eigenvalue weighted by atomic mass is 9.41. The van der Waals surface area contributed by atoms with Gasteiger partial charge in [0, 0.05) is 13.0 Å². The Morgan fingerprint density at radius 3 is 2.06 bits per heavy atom. The highest BCUT2D eigenvalue weighted by Gasteiger charge is 2.67. The highest BCUT2D eigenvalue weighted by atomic mass is 16.8. The second kappa shape index (κ2) is 19.1. The number of methoxy groups -OCH3 is 1. The van der Waals surface area contributed by atoms with Crippen molar-refractivity contribution < 1.29 is 83.9 Å². The van der Waals surface area contributed by atoms with Crippen molar-refractivity contribution in [2.45, 2.75) is 217 Å². The first-order valence-electron chi connectivity index (χ1n) is 24.5. The van der Waals surface area contributed by atoms with Crippen LogP contribution in [-0.4, -0.2) is 177 Å². The van der Waals surface area contributed by atoms with Crippen molar-refractivity contribution in [3.63, 3.8) is 0 Å². The third-order valence-corrected chi connectivity index (χ3v) is 18.6. The van der Waals surface area contributed by atoms with Crippen LogP contribution in [0.1, 0.15) is 107 Å². The fraction of sp³-hybridized carbons (Fsp3) is 0.918. The summed E-state index contributed by atoms with van der Waals surface area (Å²) in [5, 5.41) is 96.6. The SMILES string of the molecule is COC1OC(C=C(C)C)CC1C1CCC2(C)C3=CCC4C(C)(C)C(OC5OC(CO)C(O)C(O)C5OC5OC(COC6OC(C)C(O)C(O)C6O)C(O)C(O)C5O)CCC4(C)C3CCC12C. The smallest absolute Gasteiger partial charge is 0.187 e. The number of aliphatic hydroxyl groups is 9. The van der Waals surface area contributed by atoms with Crippen LogP contribution in [-0.2, 0) is 37.9 Å². The van der Waals surface area contributed by atoms with Gasteiger partial charge in [-0.3, -0.25) is 0 Å². The minimum absolute atomic E-state index is 0.0335. The normalized spacial score (nSPS) is 53.6. The number of allylic oxidation sites excluding steroid dienone is 3. The molecule has 0 aromatic heterocycles.